The van der Waals surface area contributed by atoms with Gasteiger partial charge in [-0.2, -0.15) is 13.2 Å². The zero-order valence-electron chi connectivity index (χ0n) is 9.70. The Labute approximate surface area is 102 Å². The molecule has 3 nitrogen and oxygen atoms in total. The number of hydrogen-bond acceptors (Lipinski definition) is 3. The monoisotopic (exact) mass is 262 g/mol. The van der Waals surface area contributed by atoms with Gasteiger partial charge >= 0.3 is 6.18 Å². The van der Waals surface area contributed by atoms with Crippen LogP contribution in [0.5, 0.6) is 0 Å². The van der Waals surface area contributed by atoms with Crippen LogP contribution in [0.15, 0.2) is 24.3 Å². The van der Waals surface area contributed by atoms with Crippen LogP contribution in [0.3, 0.4) is 0 Å². The molecule has 1 fully saturated rings. The molecule has 1 aromatic rings. The number of rotatable bonds is 2. The Morgan fingerprint density at radius 1 is 1.39 bits per heavy atom. The molecule has 0 saturated carbocycles. The van der Waals surface area contributed by atoms with E-state index in [1.54, 1.807) is 0 Å². The highest BCUT2D eigenvalue weighted by molar-refractivity contribution is 5.33. The second-order valence-electron chi connectivity index (χ2n) is 4.22. The maximum absolute atomic E-state index is 12.9. The number of halogens is 3. The summed E-state index contributed by atoms with van der Waals surface area (Å²) in [5, 5.41) is 8.95. The van der Waals surface area contributed by atoms with Gasteiger partial charge in [0, 0.05) is 5.56 Å². The minimum absolute atomic E-state index is 0.0686. The van der Waals surface area contributed by atoms with Crippen LogP contribution in [-0.4, -0.2) is 24.4 Å². The summed E-state index contributed by atoms with van der Waals surface area (Å²) in [6.45, 7) is 1.20. The summed E-state index contributed by atoms with van der Waals surface area (Å²) in [5.41, 5.74) is -0.862. The van der Waals surface area contributed by atoms with E-state index in [0.29, 0.717) is 0 Å². The standard InChI is InChI=1S/C12H13F3O3/c1-11(17-7-8(6-16)18-11)9-4-2-3-5-10(9)12(13,14)15/h2-5,8,16H,6-7H2,1H3. The number of aliphatic hydroxyl groups is 1. The van der Waals surface area contributed by atoms with Crippen molar-refractivity contribution in [3.8, 4) is 0 Å². The fourth-order valence-electron chi connectivity index (χ4n) is 2.00. The molecule has 6 heteroatoms. The van der Waals surface area contributed by atoms with Gasteiger partial charge < -0.3 is 14.6 Å². The number of aliphatic hydroxyl groups excluding tert-OH is 1. The molecule has 0 aromatic heterocycles. The van der Waals surface area contributed by atoms with Crippen LogP contribution < -0.4 is 0 Å². The van der Waals surface area contributed by atoms with Crippen molar-refractivity contribution in [2.45, 2.75) is 25.0 Å². The third-order valence-electron chi connectivity index (χ3n) is 2.86. The van der Waals surface area contributed by atoms with Crippen LogP contribution in [-0.2, 0) is 21.4 Å². The van der Waals surface area contributed by atoms with Crippen molar-refractivity contribution in [1.82, 2.24) is 0 Å². The number of ether oxygens (including phenoxy) is 2. The summed E-state index contributed by atoms with van der Waals surface area (Å²) >= 11 is 0. The molecule has 0 aliphatic carbocycles. The van der Waals surface area contributed by atoms with Crippen LogP contribution >= 0.6 is 0 Å². The lowest BCUT2D eigenvalue weighted by atomic mass is 10.00. The molecule has 2 unspecified atom stereocenters. The van der Waals surface area contributed by atoms with Crippen molar-refractivity contribution in [3.63, 3.8) is 0 Å². The van der Waals surface area contributed by atoms with Crippen LogP contribution in [0, 0.1) is 0 Å². The fraction of sp³-hybridized carbons (Fsp3) is 0.500. The Morgan fingerprint density at radius 3 is 2.61 bits per heavy atom. The van der Waals surface area contributed by atoms with Crippen LogP contribution in [0.2, 0.25) is 0 Å². The summed E-state index contributed by atoms with van der Waals surface area (Å²) in [7, 11) is 0. The largest absolute Gasteiger partial charge is 0.416 e. The zero-order chi connectivity index (χ0) is 13.4. The van der Waals surface area contributed by atoms with E-state index >= 15 is 0 Å². The van der Waals surface area contributed by atoms with E-state index in [4.69, 9.17) is 14.6 Å². The first-order valence-corrected chi connectivity index (χ1v) is 5.46. The third kappa shape index (κ3) is 2.36. The molecule has 0 amide bonds. The second-order valence-corrected chi connectivity index (χ2v) is 4.22. The Morgan fingerprint density at radius 2 is 2.06 bits per heavy atom. The quantitative estimate of drug-likeness (QED) is 0.888. The summed E-state index contributed by atoms with van der Waals surface area (Å²) in [6.07, 6.45) is -5.07. The minimum Gasteiger partial charge on any atom is -0.394 e. The molecule has 1 heterocycles. The van der Waals surface area contributed by atoms with Gasteiger partial charge in [-0.05, 0) is 13.0 Å². The van der Waals surface area contributed by atoms with Gasteiger partial charge in [0.2, 0.25) is 0 Å². The number of alkyl halides is 3. The van der Waals surface area contributed by atoms with E-state index in [1.165, 1.54) is 25.1 Å². The van der Waals surface area contributed by atoms with Gasteiger partial charge in [-0.15, -0.1) is 0 Å². The molecule has 0 spiro atoms. The summed E-state index contributed by atoms with van der Waals surface area (Å²) in [5.74, 6) is -1.47. The van der Waals surface area contributed by atoms with E-state index in [-0.39, 0.29) is 18.8 Å². The molecule has 0 radical (unpaired) electrons. The topological polar surface area (TPSA) is 38.7 Å². The van der Waals surface area contributed by atoms with Crippen molar-refractivity contribution in [2.75, 3.05) is 13.2 Å². The van der Waals surface area contributed by atoms with Crippen molar-refractivity contribution in [1.29, 1.82) is 0 Å². The van der Waals surface area contributed by atoms with Gasteiger partial charge in [-0.1, -0.05) is 18.2 Å². The summed E-state index contributed by atoms with van der Waals surface area (Å²) < 4.78 is 49.3. The molecule has 1 N–H and O–H groups in total. The SMILES string of the molecule is CC1(c2ccccc2C(F)(F)F)OCC(CO)O1. The normalized spacial score (nSPS) is 28.6. The van der Waals surface area contributed by atoms with Gasteiger partial charge in [0.25, 0.3) is 0 Å². The average molecular weight is 262 g/mol. The Hall–Kier alpha value is -1.11. The summed E-state index contributed by atoms with van der Waals surface area (Å²) in [4.78, 5) is 0. The average Bonchev–Trinajstić information content (AvgIpc) is 2.71. The van der Waals surface area contributed by atoms with Crippen LogP contribution in [0.25, 0.3) is 0 Å². The molecule has 1 saturated heterocycles. The van der Waals surface area contributed by atoms with Crippen LogP contribution in [0.1, 0.15) is 18.1 Å². The molecule has 1 aromatic carbocycles. The molecule has 0 bridgehead atoms. The molecule has 2 rings (SSSR count). The lowest BCUT2D eigenvalue weighted by Crippen LogP contribution is -2.28. The molecular formula is C12H13F3O3. The van der Waals surface area contributed by atoms with Gasteiger partial charge in [0.15, 0.2) is 5.79 Å². The van der Waals surface area contributed by atoms with Gasteiger partial charge in [0.05, 0.1) is 18.8 Å². The Bertz CT molecular complexity index is 433. The third-order valence-corrected chi connectivity index (χ3v) is 2.86. The first-order chi connectivity index (χ1) is 8.37. The van der Waals surface area contributed by atoms with Crippen molar-refractivity contribution >= 4 is 0 Å². The first kappa shape index (κ1) is 13.3. The molecule has 18 heavy (non-hydrogen) atoms. The van der Waals surface area contributed by atoms with E-state index in [2.05, 4.69) is 0 Å². The van der Waals surface area contributed by atoms with Gasteiger partial charge in [-0.3, -0.25) is 0 Å². The highest BCUT2D eigenvalue weighted by Gasteiger charge is 2.44. The lowest BCUT2D eigenvalue weighted by molar-refractivity contribution is -0.177. The predicted octanol–water partition coefficient (Wildman–Crippen LogP) is 2.29. The van der Waals surface area contributed by atoms with E-state index < -0.39 is 23.6 Å². The molecule has 1 aliphatic rings. The molecule has 2 atom stereocenters. The Balaban J connectivity index is 2.40. The molecule has 1 aliphatic heterocycles. The lowest BCUT2D eigenvalue weighted by Gasteiger charge is -2.26. The fourth-order valence-corrected chi connectivity index (χ4v) is 2.00. The highest BCUT2D eigenvalue weighted by atomic mass is 19.4. The maximum atomic E-state index is 12.9. The van der Waals surface area contributed by atoms with E-state index in [0.717, 1.165) is 6.07 Å². The minimum atomic E-state index is -4.47. The number of benzene rings is 1. The van der Waals surface area contributed by atoms with Crippen LogP contribution in [0.4, 0.5) is 13.2 Å². The van der Waals surface area contributed by atoms with Crippen molar-refractivity contribution in [2.24, 2.45) is 0 Å². The van der Waals surface area contributed by atoms with E-state index in [9.17, 15) is 13.2 Å². The summed E-state index contributed by atoms with van der Waals surface area (Å²) in [6, 6.07) is 5.12. The van der Waals surface area contributed by atoms with Crippen molar-refractivity contribution < 1.29 is 27.8 Å². The van der Waals surface area contributed by atoms with E-state index in [1.807, 2.05) is 0 Å². The smallest absolute Gasteiger partial charge is 0.394 e. The van der Waals surface area contributed by atoms with Gasteiger partial charge in [0.1, 0.15) is 6.10 Å². The highest BCUT2D eigenvalue weighted by Crippen LogP contribution is 2.41. The molecule has 100 valence electrons. The second kappa shape index (κ2) is 4.53. The van der Waals surface area contributed by atoms with Crippen molar-refractivity contribution in [3.05, 3.63) is 35.4 Å². The predicted molar refractivity (Wildman–Crippen MR) is 56.7 cm³/mol. The zero-order valence-corrected chi connectivity index (χ0v) is 9.70. The first-order valence-electron chi connectivity index (χ1n) is 5.46. The Kier molecular flexibility index (Phi) is 3.35. The molecular weight excluding hydrogens is 249 g/mol. The number of hydrogen-bond donors (Lipinski definition) is 1. The van der Waals surface area contributed by atoms with Gasteiger partial charge in [-0.25, -0.2) is 0 Å². The maximum Gasteiger partial charge on any atom is 0.416 e.